The second-order valence-corrected chi connectivity index (χ2v) is 7.45. The highest BCUT2D eigenvalue weighted by Gasteiger charge is 2.16. The minimum absolute atomic E-state index is 0.0536. The molecule has 0 saturated carbocycles. The second kappa shape index (κ2) is 9.52. The first-order valence-corrected chi connectivity index (χ1v) is 10.1. The average molecular weight is 356 g/mol. The van der Waals surface area contributed by atoms with Crippen LogP contribution in [0.4, 0.5) is 0 Å². The standard InChI is InChI=1S/C12H13N3O2S2.2C2H6/c1-7-6-15-10-4-3-8(5-9(7)10)11(13)18-12(14)19(2,16)17;2*1-2/h3-6,13-15H,1-2H3;2*1-2H3. The lowest BCUT2D eigenvalue weighted by Gasteiger charge is -2.04. The Bertz CT molecular complexity index is 778. The number of thioether (sulfide) groups is 1. The summed E-state index contributed by atoms with van der Waals surface area (Å²) in [6, 6.07) is 5.41. The number of fused-ring (bicyclic) bond motifs is 1. The summed E-state index contributed by atoms with van der Waals surface area (Å²) in [5.74, 6) is 0. The predicted molar refractivity (Wildman–Crippen MR) is 103 cm³/mol. The van der Waals surface area contributed by atoms with Crippen molar-refractivity contribution in [3.8, 4) is 0 Å². The van der Waals surface area contributed by atoms with Crippen molar-refractivity contribution in [3.05, 3.63) is 35.5 Å². The summed E-state index contributed by atoms with van der Waals surface area (Å²) in [6.07, 6.45) is 2.85. The van der Waals surface area contributed by atoms with Crippen LogP contribution in [0.25, 0.3) is 10.9 Å². The van der Waals surface area contributed by atoms with Crippen LogP contribution in [0.2, 0.25) is 0 Å². The Kier molecular flexibility index (Phi) is 8.86. The van der Waals surface area contributed by atoms with Crippen LogP contribution in [-0.4, -0.2) is 29.1 Å². The van der Waals surface area contributed by atoms with E-state index in [-0.39, 0.29) is 5.04 Å². The molecule has 0 bridgehead atoms. The second-order valence-electron chi connectivity index (χ2n) is 4.22. The van der Waals surface area contributed by atoms with Gasteiger partial charge in [0, 0.05) is 28.9 Å². The number of H-pyrrole nitrogens is 1. The van der Waals surface area contributed by atoms with Gasteiger partial charge in [0.05, 0.1) is 0 Å². The van der Waals surface area contributed by atoms with Crippen LogP contribution in [0.15, 0.2) is 24.4 Å². The Morgan fingerprint density at radius 1 is 1.13 bits per heavy atom. The molecule has 0 amide bonds. The molecule has 5 nitrogen and oxygen atoms in total. The van der Waals surface area contributed by atoms with E-state index >= 15 is 0 Å². The van der Waals surface area contributed by atoms with Crippen LogP contribution in [0.1, 0.15) is 38.8 Å². The van der Waals surface area contributed by atoms with Gasteiger partial charge >= 0.3 is 0 Å². The first kappa shape index (κ1) is 21.4. The van der Waals surface area contributed by atoms with Crippen molar-refractivity contribution in [1.82, 2.24) is 4.98 Å². The number of aromatic amines is 1. The van der Waals surface area contributed by atoms with Crippen LogP contribution in [0.5, 0.6) is 0 Å². The molecule has 1 heterocycles. The van der Waals surface area contributed by atoms with Gasteiger partial charge in [0.2, 0.25) is 0 Å². The van der Waals surface area contributed by atoms with Gasteiger partial charge in [-0.3, -0.25) is 10.8 Å². The lowest BCUT2D eigenvalue weighted by atomic mass is 10.1. The van der Waals surface area contributed by atoms with E-state index in [1.54, 1.807) is 6.07 Å². The zero-order valence-corrected chi connectivity index (χ0v) is 16.1. The fourth-order valence-electron chi connectivity index (χ4n) is 1.63. The summed E-state index contributed by atoms with van der Waals surface area (Å²) in [7, 11) is -3.55. The van der Waals surface area contributed by atoms with E-state index in [4.69, 9.17) is 10.8 Å². The van der Waals surface area contributed by atoms with E-state index in [0.717, 1.165) is 22.7 Å². The summed E-state index contributed by atoms with van der Waals surface area (Å²) in [5, 5.41) is 16.4. The van der Waals surface area contributed by atoms with Gasteiger partial charge in [0.25, 0.3) is 0 Å². The number of hydrogen-bond acceptors (Lipinski definition) is 5. The maximum atomic E-state index is 11.2. The molecule has 0 spiro atoms. The molecule has 0 atom stereocenters. The largest absolute Gasteiger partial charge is 0.361 e. The Morgan fingerprint density at radius 3 is 2.22 bits per heavy atom. The van der Waals surface area contributed by atoms with Crippen LogP contribution in [0, 0.1) is 17.7 Å². The highest BCUT2D eigenvalue weighted by atomic mass is 32.3. The van der Waals surface area contributed by atoms with Crippen LogP contribution >= 0.6 is 11.8 Å². The Balaban J connectivity index is 0.00000112. The molecule has 128 valence electrons. The number of aryl methyl sites for hydroxylation is 1. The molecule has 2 aromatic rings. The summed E-state index contributed by atoms with van der Waals surface area (Å²) < 4.78 is 21.8. The van der Waals surface area contributed by atoms with Crippen LogP contribution in [0.3, 0.4) is 0 Å². The third-order valence-corrected chi connectivity index (χ3v) is 5.14. The van der Waals surface area contributed by atoms with Crippen molar-refractivity contribution < 1.29 is 8.42 Å². The SMILES string of the molecule is CC.CC.Cc1c[nH]c2ccc(C(=N)SC(=N)S(C)(=O)=O)cc12. The number of hydrogen-bond donors (Lipinski definition) is 3. The molecular weight excluding hydrogens is 330 g/mol. The third-order valence-electron chi connectivity index (χ3n) is 2.68. The van der Waals surface area contributed by atoms with E-state index in [1.807, 2.05) is 52.9 Å². The van der Waals surface area contributed by atoms with E-state index in [2.05, 4.69) is 4.98 Å². The lowest BCUT2D eigenvalue weighted by Crippen LogP contribution is -2.10. The molecule has 0 radical (unpaired) electrons. The van der Waals surface area contributed by atoms with E-state index in [9.17, 15) is 8.42 Å². The molecule has 0 aliphatic carbocycles. The molecule has 1 aromatic heterocycles. The molecule has 3 N–H and O–H groups in total. The molecule has 0 saturated heterocycles. The minimum atomic E-state index is -3.55. The van der Waals surface area contributed by atoms with Gasteiger partial charge in [-0.05, 0) is 36.4 Å². The number of aromatic nitrogens is 1. The number of rotatable bonds is 1. The van der Waals surface area contributed by atoms with E-state index in [0.29, 0.717) is 17.3 Å². The normalized spacial score (nSPS) is 10.2. The van der Waals surface area contributed by atoms with Crippen LogP contribution in [-0.2, 0) is 9.84 Å². The van der Waals surface area contributed by atoms with E-state index in [1.165, 1.54) is 0 Å². The third kappa shape index (κ3) is 5.84. The molecule has 0 aliphatic heterocycles. The zero-order chi connectivity index (χ0) is 18.2. The molecule has 0 fully saturated rings. The fraction of sp³-hybridized carbons (Fsp3) is 0.375. The zero-order valence-electron chi connectivity index (χ0n) is 14.4. The first-order valence-electron chi connectivity index (χ1n) is 7.42. The summed E-state index contributed by atoms with van der Waals surface area (Å²) in [5.41, 5.74) is 2.64. The van der Waals surface area contributed by atoms with Crippen molar-refractivity contribution in [2.75, 3.05) is 6.26 Å². The van der Waals surface area contributed by atoms with Gasteiger partial charge in [-0.25, -0.2) is 8.42 Å². The van der Waals surface area contributed by atoms with Crippen molar-refractivity contribution in [3.63, 3.8) is 0 Å². The van der Waals surface area contributed by atoms with Gasteiger partial charge in [0.15, 0.2) is 14.2 Å². The van der Waals surface area contributed by atoms with Gasteiger partial charge < -0.3 is 4.98 Å². The lowest BCUT2D eigenvalue weighted by molar-refractivity contribution is 0.613. The maximum absolute atomic E-state index is 11.2. The molecular formula is C16H25N3O2S2. The molecule has 1 aromatic carbocycles. The van der Waals surface area contributed by atoms with Crippen LogP contribution < -0.4 is 0 Å². The minimum Gasteiger partial charge on any atom is -0.361 e. The average Bonchev–Trinajstić information content (AvgIpc) is 2.91. The molecule has 7 heteroatoms. The monoisotopic (exact) mass is 355 g/mol. The number of benzene rings is 1. The first-order chi connectivity index (χ1) is 10.8. The fourth-order valence-corrected chi connectivity index (χ4v) is 2.91. The quantitative estimate of drug-likeness (QED) is 0.516. The van der Waals surface area contributed by atoms with Crippen molar-refractivity contribution in [2.45, 2.75) is 34.6 Å². The van der Waals surface area contributed by atoms with Gasteiger partial charge in [-0.15, -0.1) is 0 Å². The smallest absolute Gasteiger partial charge is 0.198 e. The summed E-state index contributed by atoms with van der Waals surface area (Å²) in [6.45, 7) is 9.96. The molecule has 0 aliphatic rings. The number of nitrogens with one attached hydrogen (secondary N) is 3. The Labute approximate surface area is 142 Å². The molecule has 2 rings (SSSR count). The van der Waals surface area contributed by atoms with Gasteiger partial charge in [-0.2, -0.15) is 0 Å². The van der Waals surface area contributed by atoms with E-state index < -0.39 is 14.2 Å². The number of sulfone groups is 1. The molecule has 23 heavy (non-hydrogen) atoms. The topological polar surface area (TPSA) is 97.6 Å². The molecule has 0 unspecified atom stereocenters. The highest BCUT2D eigenvalue weighted by molar-refractivity contribution is 8.42. The van der Waals surface area contributed by atoms with Crippen molar-refractivity contribution in [1.29, 1.82) is 10.8 Å². The Hall–Kier alpha value is -1.60. The predicted octanol–water partition coefficient (Wildman–Crippen LogP) is 4.57. The summed E-state index contributed by atoms with van der Waals surface area (Å²) >= 11 is 0.645. The summed E-state index contributed by atoms with van der Waals surface area (Å²) in [4.78, 5) is 3.10. The van der Waals surface area contributed by atoms with Gasteiger partial charge in [-0.1, -0.05) is 33.8 Å². The van der Waals surface area contributed by atoms with Crippen molar-refractivity contribution in [2.24, 2.45) is 0 Å². The Morgan fingerprint density at radius 2 is 1.70 bits per heavy atom. The maximum Gasteiger partial charge on any atom is 0.198 e. The van der Waals surface area contributed by atoms with Gasteiger partial charge in [0.1, 0.15) is 5.04 Å². The highest BCUT2D eigenvalue weighted by Crippen LogP contribution is 2.22. The van der Waals surface area contributed by atoms with Crippen molar-refractivity contribution >= 4 is 41.9 Å².